The van der Waals surface area contributed by atoms with Crippen LogP contribution in [-0.4, -0.2) is 68.2 Å². The fourth-order valence-electron chi connectivity index (χ4n) is 4.79. The molecule has 0 spiro atoms. The number of benzene rings is 1. The Morgan fingerprint density at radius 2 is 1.83 bits per heavy atom. The van der Waals surface area contributed by atoms with Gasteiger partial charge in [0.25, 0.3) is 5.56 Å². The van der Waals surface area contributed by atoms with Crippen molar-refractivity contribution >= 4 is 35.5 Å². The molecule has 5 N–H and O–H groups in total. The van der Waals surface area contributed by atoms with E-state index in [1.54, 1.807) is 17.5 Å². The summed E-state index contributed by atoms with van der Waals surface area (Å²) in [6.45, 7) is 1.31. The van der Waals surface area contributed by atoms with E-state index in [0.717, 1.165) is 37.9 Å². The van der Waals surface area contributed by atoms with Crippen molar-refractivity contribution < 1.29 is 19.7 Å². The predicted octanol–water partition coefficient (Wildman–Crippen LogP) is 2.63. The molecule has 1 aromatic carbocycles. The number of piperidine rings is 1. The highest BCUT2D eigenvalue weighted by Crippen LogP contribution is 2.34. The second kappa shape index (κ2) is 11.2. The molecule has 2 aromatic heterocycles. The van der Waals surface area contributed by atoms with Gasteiger partial charge in [0, 0.05) is 36.6 Å². The van der Waals surface area contributed by atoms with Crippen molar-refractivity contribution in [2.24, 2.45) is 5.92 Å². The van der Waals surface area contributed by atoms with Crippen LogP contribution in [0.5, 0.6) is 0 Å². The first-order valence-electron chi connectivity index (χ1n) is 11.8. The van der Waals surface area contributed by atoms with Crippen molar-refractivity contribution in [3.05, 3.63) is 45.8 Å². The second-order valence-electron chi connectivity index (χ2n) is 9.12. The van der Waals surface area contributed by atoms with Crippen molar-refractivity contribution in [1.29, 1.82) is 0 Å². The van der Waals surface area contributed by atoms with Crippen LogP contribution in [0.25, 0.3) is 21.8 Å². The van der Waals surface area contributed by atoms with Crippen molar-refractivity contribution in [3.63, 3.8) is 0 Å². The first-order valence-corrected chi connectivity index (χ1v) is 12.7. The smallest absolute Gasteiger partial charge is 0.264 e. The molecule has 3 aromatic rings. The third kappa shape index (κ3) is 5.25. The van der Waals surface area contributed by atoms with Gasteiger partial charge in [0.15, 0.2) is 0 Å². The van der Waals surface area contributed by atoms with Crippen LogP contribution in [0, 0.1) is 11.7 Å². The summed E-state index contributed by atoms with van der Waals surface area (Å²) in [6.07, 6.45) is 1.27. The summed E-state index contributed by atoms with van der Waals surface area (Å²) in [7, 11) is 0. The van der Waals surface area contributed by atoms with E-state index in [-0.39, 0.29) is 41.8 Å². The highest BCUT2D eigenvalue weighted by atomic mass is 35.5. The zero-order chi connectivity index (χ0) is 24.5. The van der Waals surface area contributed by atoms with Gasteiger partial charge in [-0.25, -0.2) is 9.37 Å². The third-order valence-corrected chi connectivity index (χ3v) is 7.64. The summed E-state index contributed by atoms with van der Waals surface area (Å²) in [6, 6.07) is 5.36. The molecule has 0 bridgehead atoms. The molecule has 3 heterocycles. The molecule has 1 saturated heterocycles. The zero-order valence-corrected chi connectivity index (χ0v) is 21.1. The number of H-pyrrole nitrogens is 1. The van der Waals surface area contributed by atoms with Gasteiger partial charge in [-0.2, -0.15) is 4.98 Å². The molecule has 2 fully saturated rings. The molecule has 1 saturated carbocycles. The number of aromatic amines is 1. The van der Waals surface area contributed by atoms with Crippen LogP contribution >= 0.6 is 23.7 Å². The predicted molar refractivity (Wildman–Crippen MR) is 139 cm³/mol. The minimum absolute atomic E-state index is 0. The van der Waals surface area contributed by atoms with Gasteiger partial charge in [-0.05, 0) is 49.9 Å². The number of aliphatic hydroxyl groups excluding tert-OH is 3. The Balaban J connectivity index is 0.00000304. The van der Waals surface area contributed by atoms with Gasteiger partial charge in [-0.3, -0.25) is 9.78 Å². The second-order valence-corrected chi connectivity index (χ2v) is 9.97. The molecular weight excluding hydrogens is 509 g/mol. The Morgan fingerprint density at radius 3 is 2.50 bits per heavy atom. The molecule has 9 nitrogen and oxygen atoms in total. The lowest BCUT2D eigenvalue weighted by atomic mass is 10.1. The maximum atomic E-state index is 13.3. The molecule has 4 atom stereocenters. The van der Waals surface area contributed by atoms with E-state index in [1.165, 1.54) is 23.5 Å². The van der Waals surface area contributed by atoms with Crippen LogP contribution in [0.3, 0.4) is 0 Å². The Labute approximate surface area is 217 Å². The first kappa shape index (κ1) is 26.5. The molecule has 194 valence electrons. The molecule has 0 radical (unpaired) electrons. The first-order chi connectivity index (χ1) is 16.9. The van der Waals surface area contributed by atoms with E-state index < -0.39 is 24.2 Å². The van der Waals surface area contributed by atoms with Crippen molar-refractivity contribution in [3.8, 4) is 21.8 Å². The lowest BCUT2D eigenvalue weighted by molar-refractivity contribution is 0.00446. The summed E-state index contributed by atoms with van der Waals surface area (Å²) >= 11 is 1.27. The number of nitrogens with one attached hydrogen (secondary N) is 2. The molecule has 1 aliphatic heterocycles. The van der Waals surface area contributed by atoms with Crippen LogP contribution in [0.4, 0.5) is 16.2 Å². The quantitative estimate of drug-likeness (QED) is 0.324. The minimum Gasteiger partial charge on any atom is -0.396 e. The van der Waals surface area contributed by atoms with Crippen molar-refractivity contribution in [1.82, 2.24) is 15.0 Å². The average Bonchev–Trinajstić information content (AvgIpc) is 3.45. The van der Waals surface area contributed by atoms with E-state index in [2.05, 4.69) is 15.3 Å². The molecule has 2 aliphatic rings. The summed E-state index contributed by atoms with van der Waals surface area (Å²) in [5.41, 5.74) is 1.19. The van der Waals surface area contributed by atoms with E-state index in [9.17, 15) is 24.5 Å². The maximum Gasteiger partial charge on any atom is 0.264 e. The SMILES string of the molecule is Cl.O=c1[nH]c(N2CCCCC2)nc(N[C@@H]2C[C@H](CO)[C@@H](O)[C@H]2O)c1-c1nc(-c2ccc(F)cc2)cs1. The van der Waals surface area contributed by atoms with E-state index in [0.29, 0.717) is 23.1 Å². The van der Waals surface area contributed by atoms with E-state index >= 15 is 0 Å². The summed E-state index contributed by atoms with van der Waals surface area (Å²) in [5, 5.41) is 35.8. The monoisotopic (exact) mass is 537 g/mol. The van der Waals surface area contributed by atoms with Gasteiger partial charge in [-0.1, -0.05) is 0 Å². The Morgan fingerprint density at radius 1 is 1.11 bits per heavy atom. The van der Waals surface area contributed by atoms with Crippen molar-refractivity contribution in [2.75, 3.05) is 29.9 Å². The molecule has 5 rings (SSSR count). The Bertz CT molecular complexity index is 1230. The number of hydrogen-bond acceptors (Lipinski definition) is 9. The summed E-state index contributed by atoms with van der Waals surface area (Å²) in [5.74, 6) is -0.102. The number of rotatable bonds is 6. The van der Waals surface area contributed by atoms with Crippen LogP contribution < -0.4 is 15.8 Å². The molecular formula is C24H29ClFN5O4S. The number of thiazole rings is 1. The van der Waals surface area contributed by atoms with E-state index in [4.69, 9.17) is 4.98 Å². The van der Waals surface area contributed by atoms with Gasteiger partial charge in [0.05, 0.1) is 17.8 Å². The largest absolute Gasteiger partial charge is 0.396 e. The highest BCUT2D eigenvalue weighted by molar-refractivity contribution is 7.13. The van der Waals surface area contributed by atoms with Gasteiger partial charge in [0.1, 0.15) is 28.3 Å². The van der Waals surface area contributed by atoms with Crippen molar-refractivity contribution in [2.45, 2.75) is 43.9 Å². The number of hydrogen-bond donors (Lipinski definition) is 5. The highest BCUT2D eigenvalue weighted by Gasteiger charge is 2.41. The Kier molecular flexibility index (Phi) is 8.26. The third-order valence-electron chi connectivity index (χ3n) is 6.78. The fraction of sp³-hybridized carbons (Fsp3) is 0.458. The van der Waals surface area contributed by atoms with Gasteiger partial charge in [-0.15, -0.1) is 23.7 Å². The standard InChI is InChI=1S/C24H28FN5O4S.ClH/c25-15-6-4-13(5-7-15)17-12-35-23(27-17)18-21(26-16-10-14(11-31)19(32)20(16)33)28-24(29-22(18)34)30-8-2-1-3-9-30;/h4-7,12,14,16,19-20,31-33H,1-3,8-11H2,(H2,26,28,29,34);1H/t14-,16-,19-,20+;/m1./s1. The van der Waals surface area contributed by atoms with Crippen LogP contribution in [0.1, 0.15) is 25.7 Å². The fourth-order valence-corrected chi connectivity index (χ4v) is 5.66. The summed E-state index contributed by atoms with van der Waals surface area (Å²) < 4.78 is 13.3. The number of halogens is 2. The lowest BCUT2D eigenvalue weighted by Crippen LogP contribution is -2.37. The van der Waals surface area contributed by atoms with Gasteiger partial charge in [0.2, 0.25) is 5.95 Å². The maximum absolute atomic E-state index is 13.3. The van der Waals surface area contributed by atoms with E-state index in [1.807, 2.05) is 4.90 Å². The number of aromatic nitrogens is 3. The zero-order valence-electron chi connectivity index (χ0n) is 19.4. The van der Waals surface area contributed by atoms with Crippen LogP contribution in [-0.2, 0) is 0 Å². The Hall–Kier alpha value is -2.57. The van der Waals surface area contributed by atoms with Crippen LogP contribution in [0.15, 0.2) is 34.4 Å². The van der Waals surface area contributed by atoms with Gasteiger partial charge >= 0.3 is 0 Å². The normalized spacial score (nSPS) is 23.9. The number of aliphatic hydroxyl groups is 3. The van der Waals surface area contributed by atoms with Crippen LogP contribution in [0.2, 0.25) is 0 Å². The summed E-state index contributed by atoms with van der Waals surface area (Å²) in [4.78, 5) is 27.6. The minimum atomic E-state index is -1.12. The molecule has 12 heteroatoms. The number of nitrogens with zero attached hydrogens (tertiary/aromatic N) is 3. The van der Waals surface area contributed by atoms with Gasteiger partial charge < -0.3 is 25.5 Å². The molecule has 0 unspecified atom stereocenters. The number of anilines is 2. The lowest BCUT2D eigenvalue weighted by Gasteiger charge is -2.28. The topological polar surface area (TPSA) is 135 Å². The average molecular weight is 538 g/mol. The molecule has 36 heavy (non-hydrogen) atoms. The molecule has 0 amide bonds. The molecule has 1 aliphatic carbocycles.